The SMILES string of the molecule is CCOC(=O)[C@@H]1C=C[C@@H](OC(C)=O)C12CC2. The van der Waals surface area contributed by atoms with E-state index in [0.717, 1.165) is 12.8 Å². The van der Waals surface area contributed by atoms with E-state index in [2.05, 4.69) is 0 Å². The van der Waals surface area contributed by atoms with E-state index < -0.39 is 0 Å². The number of carbonyl (C=O) groups is 2. The van der Waals surface area contributed by atoms with Crippen LogP contribution in [0.25, 0.3) is 0 Å². The smallest absolute Gasteiger partial charge is 0.313 e. The van der Waals surface area contributed by atoms with E-state index in [1.807, 2.05) is 12.2 Å². The lowest BCUT2D eigenvalue weighted by Crippen LogP contribution is -2.31. The Hall–Kier alpha value is -1.32. The third-order valence-corrected chi connectivity index (χ3v) is 3.33. The van der Waals surface area contributed by atoms with Gasteiger partial charge in [0.05, 0.1) is 12.5 Å². The molecule has 1 spiro atoms. The van der Waals surface area contributed by atoms with Crippen LogP contribution in [0.15, 0.2) is 12.2 Å². The zero-order valence-electron chi connectivity index (χ0n) is 9.56. The van der Waals surface area contributed by atoms with E-state index in [4.69, 9.17) is 9.47 Å². The lowest BCUT2D eigenvalue weighted by atomic mass is 9.90. The predicted molar refractivity (Wildman–Crippen MR) is 56.5 cm³/mol. The van der Waals surface area contributed by atoms with Crippen LogP contribution in [-0.4, -0.2) is 24.6 Å². The van der Waals surface area contributed by atoms with Crippen LogP contribution in [0, 0.1) is 11.3 Å². The Bertz CT molecular complexity index is 341. The Morgan fingerprint density at radius 3 is 2.56 bits per heavy atom. The molecular formula is C12H16O4. The average Bonchev–Trinajstić information content (AvgIpc) is 2.89. The lowest BCUT2D eigenvalue weighted by molar-refractivity contribution is -0.155. The van der Waals surface area contributed by atoms with Gasteiger partial charge in [-0.1, -0.05) is 6.08 Å². The molecule has 0 unspecified atom stereocenters. The summed E-state index contributed by atoms with van der Waals surface area (Å²) in [5, 5.41) is 0. The van der Waals surface area contributed by atoms with Gasteiger partial charge in [0.1, 0.15) is 6.10 Å². The molecule has 4 heteroatoms. The first-order chi connectivity index (χ1) is 7.60. The number of ether oxygens (including phenoxy) is 2. The molecule has 0 amide bonds. The van der Waals surface area contributed by atoms with Gasteiger partial charge >= 0.3 is 11.9 Å². The van der Waals surface area contributed by atoms with Crippen LogP contribution in [0.3, 0.4) is 0 Å². The van der Waals surface area contributed by atoms with Crippen molar-refractivity contribution in [3.8, 4) is 0 Å². The van der Waals surface area contributed by atoms with Crippen molar-refractivity contribution in [3.63, 3.8) is 0 Å². The molecule has 2 aliphatic rings. The molecule has 0 heterocycles. The highest BCUT2D eigenvalue weighted by atomic mass is 16.5. The summed E-state index contributed by atoms with van der Waals surface area (Å²) in [6.45, 7) is 3.57. The fourth-order valence-corrected chi connectivity index (χ4v) is 2.39. The average molecular weight is 224 g/mol. The Morgan fingerprint density at radius 2 is 2.06 bits per heavy atom. The van der Waals surface area contributed by atoms with Crippen molar-refractivity contribution < 1.29 is 19.1 Å². The lowest BCUT2D eigenvalue weighted by Gasteiger charge is -2.22. The van der Waals surface area contributed by atoms with Gasteiger partial charge in [-0.2, -0.15) is 0 Å². The third kappa shape index (κ3) is 1.72. The van der Waals surface area contributed by atoms with Gasteiger partial charge < -0.3 is 9.47 Å². The summed E-state index contributed by atoms with van der Waals surface area (Å²) < 4.78 is 10.2. The quantitative estimate of drug-likeness (QED) is 0.537. The molecule has 0 aromatic heterocycles. The van der Waals surface area contributed by atoms with Gasteiger partial charge in [-0.15, -0.1) is 0 Å². The number of hydrogen-bond acceptors (Lipinski definition) is 4. The largest absolute Gasteiger partial charge is 0.466 e. The molecule has 16 heavy (non-hydrogen) atoms. The van der Waals surface area contributed by atoms with Crippen molar-refractivity contribution in [2.75, 3.05) is 6.61 Å². The van der Waals surface area contributed by atoms with E-state index in [1.165, 1.54) is 6.92 Å². The number of carbonyl (C=O) groups excluding carboxylic acids is 2. The summed E-state index contributed by atoms with van der Waals surface area (Å²) in [4.78, 5) is 22.7. The minimum Gasteiger partial charge on any atom is -0.466 e. The van der Waals surface area contributed by atoms with Gasteiger partial charge in [0.25, 0.3) is 0 Å². The summed E-state index contributed by atoms with van der Waals surface area (Å²) in [5.41, 5.74) is -0.197. The molecule has 88 valence electrons. The van der Waals surface area contributed by atoms with E-state index >= 15 is 0 Å². The molecular weight excluding hydrogens is 208 g/mol. The van der Waals surface area contributed by atoms with Gasteiger partial charge in [0, 0.05) is 12.3 Å². The van der Waals surface area contributed by atoms with Crippen LogP contribution in [0.5, 0.6) is 0 Å². The van der Waals surface area contributed by atoms with Gasteiger partial charge in [-0.25, -0.2) is 0 Å². The van der Waals surface area contributed by atoms with Crippen LogP contribution < -0.4 is 0 Å². The van der Waals surface area contributed by atoms with E-state index in [9.17, 15) is 9.59 Å². The number of rotatable bonds is 3. The molecule has 1 fully saturated rings. The molecule has 0 radical (unpaired) electrons. The fourth-order valence-electron chi connectivity index (χ4n) is 2.39. The maximum absolute atomic E-state index is 11.7. The summed E-state index contributed by atoms with van der Waals surface area (Å²) in [7, 11) is 0. The molecule has 4 nitrogen and oxygen atoms in total. The molecule has 2 atom stereocenters. The van der Waals surface area contributed by atoms with Gasteiger partial charge in [0.15, 0.2) is 0 Å². The Labute approximate surface area is 94.6 Å². The zero-order valence-corrected chi connectivity index (χ0v) is 9.56. The summed E-state index contributed by atoms with van der Waals surface area (Å²) in [5.74, 6) is -0.742. The zero-order chi connectivity index (χ0) is 11.8. The molecule has 2 rings (SSSR count). The van der Waals surface area contributed by atoms with Crippen LogP contribution >= 0.6 is 0 Å². The normalized spacial score (nSPS) is 29.1. The second-order valence-electron chi connectivity index (χ2n) is 4.38. The first-order valence-electron chi connectivity index (χ1n) is 5.62. The Morgan fingerprint density at radius 1 is 1.38 bits per heavy atom. The van der Waals surface area contributed by atoms with Crippen molar-refractivity contribution in [2.45, 2.75) is 32.8 Å². The molecule has 0 aromatic rings. The predicted octanol–water partition coefficient (Wildman–Crippen LogP) is 1.45. The van der Waals surface area contributed by atoms with Gasteiger partial charge in [-0.3, -0.25) is 9.59 Å². The molecule has 2 aliphatic carbocycles. The second kappa shape index (κ2) is 3.92. The van der Waals surface area contributed by atoms with Crippen LogP contribution in [0.1, 0.15) is 26.7 Å². The minimum absolute atomic E-state index is 0.197. The van der Waals surface area contributed by atoms with E-state index in [0.29, 0.717) is 6.61 Å². The van der Waals surface area contributed by atoms with Crippen molar-refractivity contribution in [1.82, 2.24) is 0 Å². The molecule has 0 aliphatic heterocycles. The molecule has 0 aromatic carbocycles. The van der Waals surface area contributed by atoms with Crippen molar-refractivity contribution in [1.29, 1.82) is 0 Å². The molecule has 0 saturated heterocycles. The fraction of sp³-hybridized carbons (Fsp3) is 0.667. The second-order valence-corrected chi connectivity index (χ2v) is 4.38. The van der Waals surface area contributed by atoms with E-state index in [-0.39, 0.29) is 29.4 Å². The third-order valence-electron chi connectivity index (χ3n) is 3.33. The van der Waals surface area contributed by atoms with Crippen molar-refractivity contribution in [2.24, 2.45) is 11.3 Å². The van der Waals surface area contributed by atoms with E-state index in [1.54, 1.807) is 6.92 Å². The highest BCUT2D eigenvalue weighted by Gasteiger charge is 2.60. The van der Waals surface area contributed by atoms with Crippen LogP contribution in [0.4, 0.5) is 0 Å². The standard InChI is InChI=1S/C12H16O4/c1-3-15-11(14)9-4-5-10(16-8(2)13)12(9)6-7-12/h4-5,9-10H,3,6-7H2,1-2H3/t9-,10+/m0/s1. The van der Waals surface area contributed by atoms with Crippen LogP contribution in [-0.2, 0) is 19.1 Å². The molecule has 1 saturated carbocycles. The maximum atomic E-state index is 11.7. The number of esters is 2. The molecule has 0 N–H and O–H groups in total. The number of hydrogen-bond donors (Lipinski definition) is 0. The highest BCUT2D eigenvalue weighted by molar-refractivity contribution is 5.77. The Balaban J connectivity index is 2.07. The summed E-state index contributed by atoms with van der Waals surface area (Å²) in [6.07, 6.45) is 5.22. The highest BCUT2D eigenvalue weighted by Crippen LogP contribution is 2.59. The first-order valence-corrected chi connectivity index (χ1v) is 5.62. The minimum atomic E-state index is -0.301. The first kappa shape index (κ1) is 11.2. The van der Waals surface area contributed by atoms with Crippen LogP contribution in [0.2, 0.25) is 0 Å². The van der Waals surface area contributed by atoms with Crippen molar-refractivity contribution >= 4 is 11.9 Å². The maximum Gasteiger partial charge on any atom is 0.313 e. The van der Waals surface area contributed by atoms with Gasteiger partial charge in [-0.05, 0) is 25.8 Å². The topological polar surface area (TPSA) is 52.6 Å². The Kier molecular flexibility index (Phi) is 2.74. The molecule has 0 bridgehead atoms. The van der Waals surface area contributed by atoms with Gasteiger partial charge in [0.2, 0.25) is 0 Å². The summed E-state index contributed by atoms with van der Waals surface area (Å²) in [6, 6.07) is 0. The monoisotopic (exact) mass is 224 g/mol. The van der Waals surface area contributed by atoms with Crippen molar-refractivity contribution in [3.05, 3.63) is 12.2 Å². The summed E-state index contributed by atoms with van der Waals surface area (Å²) >= 11 is 0.